The Bertz CT molecular complexity index is 439. The zero-order valence-corrected chi connectivity index (χ0v) is 8.93. The molecule has 0 saturated heterocycles. The maximum Gasteiger partial charge on any atom is 0.169 e. The predicted molar refractivity (Wildman–Crippen MR) is 56.3 cm³/mol. The molecule has 3 aliphatic carbocycles. The first-order valence-corrected chi connectivity index (χ1v) is 5.65. The van der Waals surface area contributed by atoms with Gasteiger partial charge in [0.1, 0.15) is 0 Å². The Morgan fingerprint density at radius 3 is 2.53 bits per heavy atom. The van der Waals surface area contributed by atoms with Gasteiger partial charge in [0.15, 0.2) is 11.6 Å². The van der Waals surface area contributed by atoms with E-state index in [2.05, 4.69) is 0 Å². The van der Waals surface area contributed by atoms with Gasteiger partial charge in [-0.3, -0.25) is 9.59 Å². The molecule has 0 aromatic carbocycles. The van der Waals surface area contributed by atoms with Gasteiger partial charge in [0.2, 0.25) is 0 Å². The lowest BCUT2D eigenvalue weighted by atomic mass is 9.81. The third-order valence-electron chi connectivity index (χ3n) is 4.00. The summed E-state index contributed by atoms with van der Waals surface area (Å²) in [5, 5.41) is 0. The molecule has 0 heterocycles. The van der Waals surface area contributed by atoms with Crippen molar-refractivity contribution in [3.8, 4) is 0 Å². The summed E-state index contributed by atoms with van der Waals surface area (Å²) in [6, 6.07) is 0. The highest BCUT2D eigenvalue weighted by Crippen LogP contribution is 2.53. The Kier molecular flexibility index (Phi) is 1.63. The molecule has 0 aromatic rings. The summed E-state index contributed by atoms with van der Waals surface area (Å²) in [4.78, 5) is 23.7. The van der Waals surface area contributed by atoms with Crippen LogP contribution in [-0.2, 0) is 9.59 Å². The summed E-state index contributed by atoms with van der Waals surface area (Å²) in [5.74, 6) is 0.354. The van der Waals surface area contributed by atoms with E-state index in [-0.39, 0.29) is 11.6 Å². The number of hydrogen-bond acceptors (Lipinski definition) is 2. The number of hydrogen-bond donors (Lipinski definition) is 0. The largest absolute Gasteiger partial charge is 0.295 e. The van der Waals surface area contributed by atoms with Gasteiger partial charge in [-0.25, -0.2) is 0 Å². The number of rotatable bonds is 0. The summed E-state index contributed by atoms with van der Waals surface area (Å²) in [7, 11) is 0. The molecule has 0 bridgehead atoms. The smallest absolute Gasteiger partial charge is 0.169 e. The van der Waals surface area contributed by atoms with Gasteiger partial charge in [0, 0.05) is 6.42 Å². The average molecular weight is 202 g/mol. The quantitative estimate of drug-likeness (QED) is 0.604. The molecule has 2 nitrogen and oxygen atoms in total. The third kappa shape index (κ3) is 0.996. The molecule has 0 aromatic heterocycles. The van der Waals surface area contributed by atoms with Crippen LogP contribution in [0.15, 0.2) is 22.8 Å². The minimum atomic E-state index is -0.480. The van der Waals surface area contributed by atoms with Gasteiger partial charge in [-0.15, -0.1) is 0 Å². The van der Waals surface area contributed by atoms with Crippen molar-refractivity contribution >= 4 is 11.6 Å². The van der Waals surface area contributed by atoms with E-state index in [0.29, 0.717) is 6.42 Å². The first-order valence-electron chi connectivity index (χ1n) is 5.65. The number of ketones is 2. The van der Waals surface area contributed by atoms with Crippen LogP contribution >= 0.6 is 0 Å². The van der Waals surface area contributed by atoms with E-state index in [0.717, 1.165) is 36.8 Å². The standard InChI is InChI=1S/C13H14O2/c1-13-7-8(14)6-11(13)9-4-2-3-5-10(9)12(13)15/h6H,2-5,7H2,1H3. The highest BCUT2D eigenvalue weighted by Gasteiger charge is 2.51. The van der Waals surface area contributed by atoms with Crippen molar-refractivity contribution in [1.29, 1.82) is 0 Å². The minimum Gasteiger partial charge on any atom is -0.295 e. The van der Waals surface area contributed by atoms with Gasteiger partial charge >= 0.3 is 0 Å². The second-order valence-electron chi connectivity index (χ2n) is 5.03. The molecule has 0 N–H and O–H groups in total. The monoisotopic (exact) mass is 202 g/mol. The number of carbonyl (C=O) groups is 2. The Morgan fingerprint density at radius 1 is 1.13 bits per heavy atom. The molecular weight excluding hydrogens is 188 g/mol. The molecule has 3 rings (SSSR count). The van der Waals surface area contributed by atoms with E-state index in [1.165, 1.54) is 5.57 Å². The van der Waals surface area contributed by atoms with Crippen LogP contribution in [0.2, 0.25) is 0 Å². The van der Waals surface area contributed by atoms with E-state index in [1.54, 1.807) is 6.08 Å². The number of allylic oxidation sites excluding steroid dienone is 4. The van der Waals surface area contributed by atoms with E-state index in [4.69, 9.17) is 0 Å². The molecule has 0 radical (unpaired) electrons. The predicted octanol–water partition coefficient (Wildman–Crippen LogP) is 2.35. The topological polar surface area (TPSA) is 34.1 Å². The van der Waals surface area contributed by atoms with Crippen LogP contribution in [0.3, 0.4) is 0 Å². The summed E-state index contributed by atoms with van der Waals surface area (Å²) in [6.07, 6.45) is 6.32. The fourth-order valence-electron chi connectivity index (χ4n) is 3.22. The molecule has 78 valence electrons. The van der Waals surface area contributed by atoms with Crippen LogP contribution in [0, 0.1) is 5.41 Å². The molecule has 0 saturated carbocycles. The zero-order valence-electron chi connectivity index (χ0n) is 8.93. The van der Waals surface area contributed by atoms with Gasteiger partial charge in [-0.1, -0.05) is 0 Å². The number of fused-ring (bicyclic) bond motifs is 2. The minimum absolute atomic E-state index is 0.123. The van der Waals surface area contributed by atoms with Crippen molar-refractivity contribution in [3.63, 3.8) is 0 Å². The Hall–Kier alpha value is -1.18. The number of Topliss-reactive ketones (excluding diaryl/α,β-unsaturated/α-hetero) is 1. The van der Waals surface area contributed by atoms with Crippen molar-refractivity contribution < 1.29 is 9.59 Å². The Labute approximate surface area is 89.0 Å². The van der Waals surface area contributed by atoms with Crippen LogP contribution in [0.5, 0.6) is 0 Å². The number of carbonyl (C=O) groups excluding carboxylic acids is 2. The zero-order chi connectivity index (χ0) is 10.6. The molecule has 0 spiro atoms. The molecule has 1 unspecified atom stereocenters. The molecular formula is C13H14O2. The van der Waals surface area contributed by atoms with E-state index in [1.807, 2.05) is 6.92 Å². The first kappa shape index (κ1) is 9.08. The molecule has 15 heavy (non-hydrogen) atoms. The van der Waals surface area contributed by atoms with E-state index in [9.17, 15) is 9.59 Å². The highest BCUT2D eigenvalue weighted by molar-refractivity contribution is 6.14. The first-order chi connectivity index (χ1) is 7.13. The Balaban J connectivity index is 2.18. The molecule has 0 aliphatic heterocycles. The van der Waals surface area contributed by atoms with Crippen LogP contribution in [0.4, 0.5) is 0 Å². The van der Waals surface area contributed by atoms with E-state index >= 15 is 0 Å². The SMILES string of the molecule is CC12CC(=O)C=C1C1=C(CCCC1)C2=O. The fourth-order valence-corrected chi connectivity index (χ4v) is 3.22. The second kappa shape index (κ2) is 2.69. The van der Waals surface area contributed by atoms with Gasteiger partial charge < -0.3 is 0 Å². The maximum atomic E-state index is 12.2. The van der Waals surface area contributed by atoms with Crippen LogP contribution < -0.4 is 0 Å². The summed E-state index contributed by atoms with van der Waals surface area (Å²) >= 11 is 0. The molecule has 0 fully saturated rings. The lowest BCUT2D eigenvalue weighted by Crippen LogP contribution is -2.24. The Morgan fingerprint density at radius 2 is 1.80 bits per heavy atom. The van der Waals surface area contributed by atoms with Crippen LogP contribution in [-0.4, -0.2) is 11.6 Å². The van der Waals surface area contributed by atoms with Gasteiger partial charge in [-0.05, 0) is 55.4 Å². The van der Waals surface area contributed by atoms with Gasteiger partial charge in [0.25, 0.3) is 0 Å². The van der Waals surface area contributed by atoms with Gasteiger partial charge in [0.05, 0.1) is 5.41 Å². The molecule has 3 aliphatic rings. The molecule has 0 amide bonds. The molecule has 2 heteroatoms. The molecule has 1 atom stereocenters. The average Bonchev–Trinajstić information content (AvgIpc) is 2.62. The van der Waals surface area contributed by atoms with Crippen molar-refractivity contribution in [2.75, 3.05) is 0 Å². The van der Waals surface area contributed by atoms with Crippen LogP contribution in [0.1, 0.15) is 39.0 Å². The maximum absolute atomic E-state index is 12.2. The van der Waals surface area contributed by atoms with Crippen molar-refractivity contribution in [1.82, 2.24) is 0 Å². The van der Waals surface area contributed by atoms with Crippen LogP contribution in [0.25, 0.3) is 0 Å². The second-order valence-corrected chi connectivity index (χ2v) is 5.03. The lowest BCUT2D eigenvalue weighted by molar-refractivity contribution is -0.125. The van der Waals surface area contributed by atoms with Crippen molar-refractivity contribution in [2.45, 2.75) is 39.0 Å². The summed E-state index contributed by atoms with van der Waals surface area (Å²) in [6.45, 7) is 1.93. The summed E-state index contributed by atoms with van der Waals surface area (Å²) in [5.41, 5.74) is 2.81. The van der Waals surface area contributed by atoms with E-state index < -0.39 is 5.41 Å². The normalized spacial score (nSPS) is 34.3. The van der Waals surface area contributed by atoms with Crippen molar-refractivity contribution in [3.05, 3.63) is 22.8 Å². The van der Waals surface area contributed by atoms with Gasteiger partial charge in [-0.2, -0.15) is 0 Å². The third-order valence-corrected chi connectivity index (χ3v) is 4.00. The highest BCUT2D eigenvalue weighted by atomic mass is 16.1. The lowest BCUT2D eigenvalue weighted by Gasteiger charge is -2.18. The fraction of sp³-hybridized carbons (Fsp3) is 0.538. The van der Waals surface area contributed by atoms with Crippen molar-refractivity contribution in [2.24, 2.45) is 5.41 Å². The summed E-state index contributed by atoms with van der Waals surface area (Å²) < 4.78 is 0.